The largest absolute Gasteiger partial charge is 0.571 e. The molecule has 2 saturated heterocycles. The van der Waals surface area contributed by atoms with Gasteiger partial charge in [0.1, 0.15) is 53.7 Å². The molecule has 5 rings (SSSR count). The monoisotopic (exact) mass is 583 g/mol. The van der Waals surface area contributed by atoms with Gasteiger partial charge in [-0.3, -0.25) is 0 Å². The van der Waals surface area contributed by atoms with Crippen LogP contribution in [-0.4, -0.2) is 124 Å². The van der Waals surface area contributed by atoms with Crippen molar-refractivity contribution in [2.75, 3.05) is 13.2 Å². The van der Waals surface area contributed by atoms with Gasteiger partial charge in [0.05, 0.1) is 24.8 Å². The summed E-state index contributed by atoms with van der Waals surface area (Å²) in [6, 6.07) is 6.19. The molecule has 3 heterocycles. The Labute approximate surface area is 231 Å². The molecule has 0 saturated carbocycles. The lowest BCUT2D eigenvalue weighted by Gasteiger charge is -2.45. The number of benzene rings is 2. The second-order valence-electron chi connectivity index (χ2n) is 9.90. The Morgan fingerprint density at radius 3 is 2.29 bits per heavy atom. The zero-order chi connectivity index (χ0) is 29.6. The van der Waals surface area contributed by atoms with Crippen LogP contribution in [0, 0.1) is 0 Å². The molecule has 0 radical (unpaired) electrons. The number of hydrogen-bond acceptors (Lipinski definition) is 14. The van der Waals surface area contributed by atoms with Crippen molar-refractivity contribution in [3.63, 3.8) is 0 Å². The summed E-state index contributed by atoms with van der Waals surface area (Å²) in [6.45, 7) is -1.15. The zero-order valence-corrected chi connectivity index (χ0v) is 21.2. The van der Waals surface area contributed by atoms with Gasteiger partial charge in [-0.2, -0.15) is 0 Å². The van der Waals surface area contributed by atoms with Crippen LogP contribution in [0.1, 0.15) is 17.2 Å². The zero-order valence-electron chi connectivity index (χ0n) is 21.2. The standard InChI is InChI=1S/C26H30O15/c27-7-18-20(34)21(35)24(41-25-22(36)19(33)15(32)8-37-25)26(40-18)39-17-6-11-13(30)4-10(28)5-16(11)38-23(17)9-1-2-12(29)14(31)3-9/h1-6,15,18-36H,7-8H2/p+1/t15-,18+,19+,20+,21-,22+,23?,24-,25-,26+/m0/s1. The Hall–Kier alpha value is -3.38. The van der Waals surface area contributed by atoms with Crippen LogP contribution in [0.15, 0.2) is 36.1 Å². The van der Waals surface area contributed by atoms with E-state index in [0.717, 1.165) is 6.07 Å². The fourth-order valence-electron chi connectivity index (χ4n) is 4.82. The van der Waals surface area contributed by atoms with Gasteiger partial charge in [0.25, 0.3) is 11.9 Å². The van der Waals surface area contributed by atoms with Gasteiger partial charge in [-0.05, 0) is 18.2 Å². The summed E-state index contributed by atoms with van der Waals surface area (Å²) in [5.74, 6) is -1.41. The van der Waals surface area contributed by atoms with E-state index in [-0.39, 0.29) is 34.1 Å². The highest BCUT2D eigenvalue weighted by atomic mass is 16.8. The highest BCUT2D eigenvalue weighted by Gasteiger charge is 2.51. The first-order chi connectivity index (χ1) is 19.5. The average Bonchev–Trinajstić information content (AvgIpc) is 2.94. The summed E-state index contributed by atoms with van der Waals surface area (Å²) < 4.78 is 27.2. The maximum atomic E-state index is 10.9. The van der Waals surface area contributed by atoms with Gasteiger partial charge in [0, 0.05) is 12.1 Å². The highest BCUT2D eigenvalue weighted by molar-refractivity contribution is 5.69. The van der Waals surface area contributed by atoms with E-state index >= 15 is 0 Å². The van der Waals surface area contributed by atoms with E-state index in [2.05, 4.69) is 4.74 Å². The first-order valence-corrected chi connectivity index (χ1v) is 12.6. The van der Waals surface area contributed by atoms with Crippen molar-refractivity contribution in [2.45, 2.75) is 61.4 Å². The van der Waals surface area contributed by atoms with E-state index in [1.165, 1.54) is 30.3 Å². The molecule has 0 bridgehead atoms. The Morgan fingerprint density at radius 2 is 1.59 bits per heavy atom. The van der Waals surface area contributed by atoms with Gasteiger partial charge < -0.3 is 74.7 Å². The van der Waals surface area contributed by atoms with E-state index in [4.69, 9.17) is 18.9 Å². The van der Waals surface area contributed by atoms with Crippen molar-refractivity contribution in [1.29, 1.82) is 0 Å². The molecule has 10 atom stereocenters. The molecule has 2 aromatic rings. The number of aromatic hydroxyl groups is 5. The second kappa shape index (κ2) is 11.5. The van der Waals surface area contributed by atoms with Crippen LogP contribution >= 0.6 is 0 Å². The summed E-state index contributed by atoms with van der Waals surface area (Å²) >= 11 is 0. The summed E-state index contributed by atoms with van der Waals surface area (Å²) in [7, 11) is 0. The minimum atomic E-state index is -1.78. The van der Waals surface area contributed by atoms with Crippen molar-refractivity contribution in [3.8, 4) is 28.7 Å². The number of ether oxygens (including phenoxy) is 5. The molecular weight excluding hydrogens is 552 g/mol. The van der Waals surface area contributed by atoms with Crippen molar-refractivity contribution < 1.29 is 74.7 Å². The van der Waals surface area contributed by atoms with Crippen LogP contribution in [-0.2, 0) is 18.9 Å². The lowest BCUT2D eigenvalue weighted by Crippen LogP contribution is -2.63. The van der Waals surface area contributed by atoms with Crippen LogP contribution in [0.4, 0.5) is 0 Å². The van der Waals surface area contributed by atoms with E-state index in [1.807, 2.05) is 0 Å². The molecule has 2 aromatic carbocycles. The summed E-state index contributed by atoms with van der Waals surface area (Å²) in [6.07, 6.45) is -14.2. The molecule has 0 spiro atoms. The fraction of sp³-hybridized carbons (Fsp3) is 0.462. The van der Waals surface area contributed by atoms with Gasteiger partial charge >= 0.3 is 0 Å². The van der Waals surface area contributed by atoms with Crippen LogP contribution in [0.25, 0.3) is 6.08 Å². The third kappa shape index (κ3) is 5.59. The van der Waals surface area contributed by atoms with Crippen molar-refractivity contribution in [3.05, 3.63) is 47.2 Å². The number of phenolic OH excluding ortho intramolecular Hbond substituents is 4. The Kier molecular flexibility index (Phi) is 8.15. The predicted octanol–water partition coefficient (Wildman–Crippen LogP) is -1.87. The van der Waals surface area contributed by atoms with Crippen LogP contribution in [0.3, 0.4) is 0 Å². The average molecular weight is 584 g/mol. The third-order valence-corrected chi connectivity index (χ3v) is 7.08. The molecule has 0 aromatic heterocycles. The number of fused-ring (bicyclic) bond motifs is 1. The SMILES string of the molecule is OC[C@H]1O[C@@H](OC2=Cc3c(O)cc(O)cc3[OH+]C2c2ccc(O)c(O)c2)[C@@H](O[C@@H]2OC[C@H](O)[C@@H](O)[C@H]2O)[C@@H](O)[C@@H]1O. The molecule has 224 valence electrons. The lowest BCUT2D eigenvalue weighted by molar-refractivity contribution is -0.353. The molecule has 15 nitrogen and oxygen atoms in total. The summed E-state index contributed by atoms with van der Waals surface area (Å²) in [4.78, 5) is 0. The lowest BCUT2D eigenvalue weighted by atomic mass is 9.98. The molecule has 2 fully saturated rings. The van der Waals surface area contributed by atoms with E-state index in [0.29, 0.717) is 0 Å². The van der Waals surface area contributed by atoms with Crippen molar-refractivity contribution in [1.82, 2.24) is 0 Å². The van der Waals surface area contributed by atoms with E-state index < -0.39 is 86.1 Å². The van der Waals surface area contributed by atoms with Crippen LogP contribution in [0.2, 0.25) is 0 Å². The van der Waals surface area contributed by atoms with Gasteiger partial charge in [-0.1, -0.05) is 0 Å². The number of aliphatic hydroxyl groups is 7. The van der Waals surface area contributed by atoms with Crippen LogP contribution < -0.4 is 0 Å². The third-order valence-electron chi connectivity index (χ3n) is 7.08. The Bertz CT molecular complexity index is 1280. The van der Waals surface area contributed by atoms with Crippen LogP contribution in [0.5, 0.6) is 28.7 Å². The maximum Gasteiger partial charge on any atom is 0.270 e. The van der Waals surface area contributed by atoms with Crippen molar-refractivity contribution >= 4 is 6.08 Å². The molecule has 15 heteroatoms. The Balaban J connectivity index is 1.51. The quantitative estimate of drug-likeness (QED) is 0.132. The minimum absolute atomic E-state index is 0.0528. The number of hydrogen-bond donors (Lipinski definition) is 10. The Morgan fingerprint density at radius 1 is 0.829 bits per heavy atom. The van der Waals surface area contributed by atoms with Gasteiger partial charge in [-0.15, -0.1) is 0 Å². The topological polar surface area (TPSA) is 252 Å². The summed E-state index contributed by atoms with van der Waals surface area (Å²) in [5.41, 5.74) is 0.420. The second-order valence-corrected chi connectivity index (χ2v) is 9.90. The first kappa shape index (κ1) is 29.1. The maximum absolute atomic E-state index is 10.9. The highest BCUT2D eigenvalue weighted by Crippen LogP contribution is 2.46. The number of phenols is 4. The number of rotatable bonds is 6. The molecule has 11 N–H and O–H groups in total. The molecule has 1 unspecified atom stereocenters. The fourth-order valence-corrected chi connectivity index (χ4v) is 4.82. The first-order valence-electron chi connectivity index (χ1n) is 12.6. The van der Waals surface area contributed by atoms with Gasteiger partial charge in [0.2, 0.25) is 6.29 Å². The molecule has 0 amide bonds. The van der Waals surface area contributed by atoms with Gasteiger partial charge in [-0.25, -0.2) is 0 Å². The normalized spacial score (nSPS) is 35.2. The molecule has 3 aliphatic heterocycles. The minimum Gasteiger partial charge on any atom is -0.571 e. The smallest absolute Gasteiger partial charge is 0.270 e. The van der Waals surface area contributed by atoms with Gasteiger partial charge in [0.15, 0.2) is 29.7 Å². The summed E-state index contributed by atoms with van der Waals surface area (Å²) in [5, 5.41) is 102. The predicted molar refractivity (Wildman–Crippen MR) is 133 cm³/mol. The molecule has 41 heavy (non-hydrogen) atoms. The molecular formula is C26H31O15+. The van der Waals surface area contributed by atoms with Crippen molar-refractivity contribution in [2.24, 2.45) is 0 Å². The molecule has 3 aliphatic rings. The van der Waals surface area contributed by atoms with E-state index in [1.54, 1.807) is 0 Å². The molecule has 0 aliphatic carbocycles. The van der Waals surface area contributed by atoms with E-state index in [9.17, 15) is 51.1 Å². The number of aliphatic hydroxyl groups excluding tert-OH is 6.